The molecule has 0 aliphatic heterocycles. The Morgan fingerprint density at radius 1 is 1.31 bits per heavy atom. The van der Waals surface area contributed by atoms with E-state index in [1.165, 1.54) is 12.8 Å². The van der Waals surface area contributed by atoms with Crippen molar-refractivity contribution in [3.63, 3.8) is 0 Å². The zero-order chi connectivity index (χ0) is 12.0. The van der Waals surface area contributed by atoms with Crippen LogP contribution < -0.4 is 10.6 Å². The highest BCUT2D eigenvalue weighted by Crippen LogP contribution is 2.33. The molecule has 1 fully saturated rings. The quantitative estimate of drug-likeness (QED) is 0.679. The molecule has 0 heterocycles. The molecule has 1 rings (SSSR count). The molecule has 2 N–H and O–H groups in total. The van der Waals surface area contributed by atoms with Crippen molar-refractivity contribution in [2.24, 2.45) is 11.8 Å². The van der Waals surface area contributed by atoms with Gasteiger partial charge in [0.1, 0.15) is 0 Å². The van der Waals surface area contributed by atoms with Gasteiger partial charge in [0.2, 0.25) is 5.91 Å². The summed E-state index contributed by atoms with van der Waals surface area (Å²) in [4.78, 5) is 11.9. The molecule has 3 nitrogen and oxygen atoms in total. The third kappa shape index (κ3) is 4.12. The minimum absolute atomic E-state index is 0.273. The molecule has 0 saturated heterocycles. The lowest BCUT2D eigenvalue weighted by atomic mass is 9.93. The summed E-state index contributed by atoms with van der Waals surface area (Å²) in [5, 5.41) is 6.34. The van der Waals surface area contributed by atoms with Gasteiger partial charge in [-0.25, -0.2) is 0 Å². The number of carbonyl (C=O) groups is 1. The average molecular weight is 226 g/mol. The van der Waals surface area contributed by atoms with Crippen LogP contribution in [0.25, 0.3) is 0 Å². The second-order valence-corrected chi connectivity index (χ2v) is 5.11. The molecule has 0 aromatic rings. The molecule has 2 atom stereocenters. The van der Waals surface area contributed by atoms with Crippen LogP contribution in [0.15, 0.2) is 0 Å². The Labute approximate surface area is 99.4 Å². The molecule has 1 saturated carbocycles. The van der Waals surface area contributed by atoms with E-state index in [1.54, 1.807) is 0 Å². The van der Waals surface area contributed by atoms with Crippen molar-refractivity contribution < 1.29 is 4.79 Å². The first-order chi connectivity index (χ1) is 7.65. The fraction of sp³-hybridized carbons (Fsp3) is 0.923. The monoisotopic (exact) mass is 226 g/mol. The van der Waals surface area contributed by atoms with Gasteiger partial charge < -0.3 is 10.6 Å². The maximum atomic E-state index is 11.9. The van der Waals surface area contributed by atoms with Crippen molar-refractivity contribution >= 4 is 5.91 Å². The molecule has 94 valence electrons. The van der Waals surface area contributed by atoms with Crippen LogP contribution in [-0.2, 0) is 4.79 Å². The van der Waals surface area contributed by atoms with E-state index >= 15 is 0 Å². The Morgan fingerprint density at radius 2 is 2.06 bits per heavy atom. The number of nitrogens with one attached hydrogen (secondary N) is 2. The lowest BCUT2D eigenvalue weighted by Crippen LogP contribution is -2.38. The third-order valence-corrected chi connectivity index (χ3v) is 3.50. The van der Waals surface area contributed by atoms with Gasteiger partial charge in [-0.3, -0.25) is 4.79 Å². The second-order valence-electron chi connectivity index (χ2n) is 5.11. The van der Waals surface area contributed by atoms with Gasteiger partial charge in [0.25, 0.3) is 0 Å². The van der Waals surface area contributed by atoms with Crippen LogP contribution in [-0.4, -0.2) is 25.0 Å². The SMILES string of the molecule is CC[C@H]1CCC[C@H]1C(=O)NCCNC(C)C. The topological polar surface area (TPSA) is 41.1 Å². The van der Waals surface area contributed by atoms with Crippen LogP contribution in [0.3, 0.4) is 0 Å². The largest absolute Gasteiger partial charge is 0.355 e. The van der Waals surface area contributed by atoms with Gasteiger partial charge in [-0.15, -0.1) is 0 Å². The minimum Gasteiger partial charge on any atom is -0.355 e. The van der Waals surface area contributed by atoms with E-state index in [9.17, 15) is 4.79 Å². The average Bonchev–Trinajstić information content (AvgIpc) is 2.71. The van der Waals surface area contributed by atoms with Crippen molar-refractivity contribution in [3.8, 4) is 0 Å². The van der Waals surface area contributed by atoms with Gasteiger partial charge in [0, 0.05) is 25.0 Å². The maximum absolute atomic E-state index is 11.9. The summed E-state index contributed by atoms with van der Waals surface area (Å²) in [6, 6.07) is 0.492. The van der Waals surface area contributed by atoms with Crippen molar-refractivity contribution in [1.29, 1.82) is 0 Å². The maximum Gasteiger partial charge on any atom is 0.223 e. The number of hydrogen-bond donors (Lipinski definition) is 2. The van der Waals surface area contributed by atoms with E-state index < -0.39 is 0 Å². The van der Waals surface area contributed by atoms with E-state index in [2.05, 4.69) is 31.4 Å². The molecule has 1 aliphatic carbocycles. The van der Waals surface area contributed by atoms with Gasteiger partial charge in [0.05, 0.1) is 0 Å². The minimum atomic E-state index is 0.273. The molecule has 16 heavy (non-hydrogen) atoms. The number of hydrogen-bond acceptors (Lipinski definition) is 2. The zero-order valence-corrected chi connectivity index (χ0v) is 10.9. The Morgan fingerprint density at radius 3 is 2.69 bits per heavy atom. The van der Waals surface area contributed by atoms with E-state index in [0.29, 0.717) is 12.0 Å². The third-order valence-electron chi connectivity index (χ3n) is 3.50. The first kappa shape index (κ1) is 13.5. The summed E-state index contributed by atoms with van der Waals surface area (Å²) in [6.07, 6.45) is 4.68. The highest BCUT2D eigenvalue weighted by molar-refractivity contribution is 5.79. The summed E-state index contributed by atoms with van der Waals surface area (Å²) >= 11 is 0. The van der Waals surface area contributed by atoms with E-state index in [-0.39, 0.29) is 11.8 Å². The number of carbonyl (C=O) groups excluding carboxylic acids is 1. The lowest BCUT2D eigenvalue weighted by Gasteiger charge is -2.17. The standard InChI is InChI=1S/C13H26N2O/c1-4-11-6-5-7-12(11)13(16)15-9-8-14-10(2)3/h10-12,14H,4-9H2,1-3H3,(H,15,16)/t11-,12+/m0/s1. The van der Waals surface area contributed by atoms with Crippen LogP contribution in [0.5, 0.6) is 0 Å². The van der Waals surface area contributed by atoms with Gasteiger partial charge in [0.15, 0.2) is 0 Å². The van der Waals surface area contributed by atoms with E-state index in [1.807, 2.05) is 0 Å². The molecule has 1 aliphatic rings. The fourth-order valence-corrected chi connectivity index (χ4v) is 2.55. The van der Waals surface area contributed by atoms with Crippen molar-refractivity contribution in [2.45, 2.75) is 52.5 Å². The smallest absolute Gasteiger partial charge is 0.223 e. The van der Waals surface area contributed by atoms with E-state index in [0.717, 1.165) is 25.9 Å². The molecule has 3 heteroatoms. The summed E-state index contributed by atoms with van der Waals surface area (Å²) in [6.45, 7) is 8.05. The van der Waals surface area contributed by atoms with Crippen LogP contribution in [0.4, 0.5) is 0 Å². The second kappa shape index (κ2) is 6.89. The predicted octanol–water partition coefficient (Wildman–Crippen LogP) is 1.93. The van der Waals surface area contributed by atoms with Gasteiger partial charge in [-0.1, -0.05) is 33.6 Å². The molecule has 0 bridgehead atoms. The predicted molar refractivity (Wildman–Crippen MR) is 67.3 cm³/mol. The molecule has 0 aromatic heterocycles. The lowest BCUT2D eigenvalue weighted by molar-refractivity contribution is -0.126. The zero-order valence-electron chi connectivity index (χ0n) is 10.9. The number of rotatable bonds is 6. The Bertz CT molecular complexity index is 216. The fourth-order valence-electron chi connectivity index (χ4n) is 2.55. The molecule has 1 amide bonds. The van der Waals surface area contributed by atoms with Crippen LogP contribution in [0.2, 0.25) is 0 Å². The van der Waals surface area contributed by atoms with Gasteiger partial charge in [-0.05, 0) is 18.8 Å². The first-order valence-corrected chi connectivity index (χ1v) is 6.66. The highest BCUT2D eigenvalue weighted by Gasteiger charge is 2.31. The van der Waals surface area contributed by atoms with E-state index in [4.69, 9.17) is 0 Å². The molecule has 0 unspecified atom stereocenters. The normalized spacial score (nSPS) is 25.0. The molecule has 0 radical (unpaired) electrons. The Balaban J connectivity index is 2.19. The summed E-state index contributed by atoms with van der Waals surface area (Å²) in [7, 11) is 0. The first-order valence-electron chi connectivity index (χ1n) is 6.66. The van der Waals surface area contributed by atoms with Crippen molar-refractivity contribution in [3.05, 3.63) is 0 Å². The summed E-state index contributed by atoms with van der Waals surface area (Å²) < 4.78 is 0. The molecule has 0 spiro atoms. The van der Waals surface area contributed by atoms with Gasteiger partial charge in [-0.2, -0.15) is 0 Å². The van der Waals surface area contributed by atoms with Gasteiger partial charge >= 0.3 is 0 Å². The Hall–Kier alpha value is -0.570. The molecular weight excluding hydrogens is 200 g/mol. The molecule has 0 aromatic carbocycles. The van der Waals surface area contributed by atoms with Crippen molar-refractivity contribution in [1.82, 2.24) is 10.6 Å². The molecular formula is C13H26N2O. The number of amides is 1. The van der Waals surface area contributed by atoms with Crippen LogP contribution >= 0.6 is 0 Å². The summed E-state index contributed by atoms with van der Waals surface area (Å²) in [5.41, 5.74) is 0. The van der Waals surface area contributed by atoms with Crippen molar-refractivity contribution in [2.75, 3.05) is 13.1 Å². The van der Waals surface area contributed by atoms with Crippen LogP contribution in [0, 0.1) is 11.8 Å². The summed E-state index contributed by atoms with van der Waals surface area (Å²) in [5.74, 6) is 1.18. The Kier molecular flexibility index (Phi) is 5.81. The van der Waals surface area contributed by atoms with Crippen LogP contribution in [0.1, 0.15) is 46.5 Å². The highest BCUT2D eigenvalue weighted by atomic mass is 16.1.